The van der Waals surface area contributed by atoms with Gasteiger partial charge in [0.15, 0.2) is 0 Å². The molecule has 0 saturated heterocycles. The van der Waals surface area contributed by atoms with E-state index in [1.165, 1.54) is 0 Å². The van der Waals surface area contributed by atoms with Gasteiger partial charge < -0.3 is 5.73 Å². The van der Waals surface area contributed by atoms with Gasteiger partial charge in [0, 0.05) is 18.6 Å². The van der Waals surface area contributed by atoms with Crippen molar-refractivity contribution in [2.24, 2.45) is 0 Å². The van der Waals surface area contributed by atoms with Crippen LogP contribution in [0.1, 0.15) is 32.7 Å². The first kappa shape index (κ1) is 11.6. The third kappa shape index (κ3) is 2.27. The first-order chi connectivity index (χ1) is 8.26. The minimum absolute atomic E-state index is 0.391. The van der Waals surface area contributed by atoms with Crippen molar-refractivity contribution in [3.8, 4) is 11.4 Å². The van der Waals surface area contributed by atoms with Crippen molar-refractivity contribution in [3.05, 3.63) is 24.8 Å². The highest BCUT2D eigenvalue weighted by atomic mass is 15.3. The Kier molecular flexibility index (Phi) is 3.37. The van der Waals surface area contributed by atoms with E-state index < -0.39 is 0 Å². The molecule has 0 bridgehead atoms. The largest absolute Gasteiger partial charge is 0.396 e. The van der Waals surface area contributed by atoms with Crippen molar-refractivity contribution in [2.45, 2.75) is 32.7 Å². The van der Waals surface area contributed by atoms with Crippen LogP contribution in [0.3, 0.4) is 0 Å². The summed E-state index contributed by atoms with van der Waals surface area (Å²) in [6, 6.07) is 0.391. The lowest BCUT2D eigenvalue weighted by Gasteiger charge is -2.12. The molecule has 0 aliphatic carbocycles. The summed E-state index contributed by atoms with van der Waals surface area (Å²) in [5.74, 6) is 0. The summed E-state index contributed by atoms with van der Waals surface area (Å²) in [5, 5.41) is 4.51. The van der Waals surface area contributed by atoms with Crippen LogP contribution >= 0.6 is 0 Å². The highest BCUT2D eigenvalue weighted by Crippen LogP contribution is 2.24. The fourth-order valence-electron chi connectivity index (χ4n) is 1.88. The highest BCUT2D eigenvalue weighted by Gasteiger charge is 2.13. The van der Waals surface area contributed by atoms with Crippen LogP contribution in [0, 0.1) is 0 Å². The molecule has 0 unspecified atom stereocenters. The number of rotatable bonds is 4. The standard InChI is InChI=1S/C12H17N5/c1-3-9(4-2)17-8-10(13)12(16-17)11-7-14-5-6-15-11/h5-9H,3-4,13H2,1-2H3. The molecule has 0 radical (unpaired) electrons. The molecule has 5 nitrogen and oxygen atoms in total. The van der Waals surface area contributed by atoms with E-state index in [0.29, 0.717) is 17.4 Å². The van der Waals surface area contributed by atoms with Crippen LogP contribution in [0.5, 0.6) is 0 Å². The summed E-state index contributed by atoms with van der Waals surface area (Å²) in [4.78, 5) is 8.25. The molecule has 0 aliphatic heterocycles. The Labute approximate surface area is 101 Å². The Bertz CT molecular complexity index is 473. The minimum atomic E-state index is 0.391. The second-order valence-electron chi connectivity index (χ2n) is 3.97. The maximum Gasteiger partial charge on any atom is 0.135 e. The predicted octanol–water partition coefficient (Wildman–Crippen LogP) is 2.28. The topological polar surface area (TPSA) is 69.6 Å². The molecule has 5 heteroatoms. The molecule has 0 amide bonds. The number of nitrogens with zero attached hydrogens (tertiary/aromatic N) is 4. The van der Waals surface area contributed by atoms with Gasteiger partial charge in [0.2, 0.25) is 0 Å². The van der Waals surface area contributed by atoms with Crippen molar-refractivity contribution in [1.82, 2.24) is 19.7 Å². The molecule has 0 aromatic carbocycles. The van der Waals surface area contributed by atoms with E-state index in [9.17, 15) is 0 Å². The minimum Gasteiger partial charge on any atom is -0.396 e. The van der Waals surface area contributed by atoms with E-state index in [1.54, 1.807) is 18.6 Å². The average molecular weight is 231 g/mol. The van der Waals surface area contributed by atoms with E-state index >= 15 is 0 Å². The van der Waals surface area contributed by atoms with Crippen LogP contribution < -0.4 is 5.73 Å². The van der Waals surface area contributed by atoms with Gasteiger partial charge in [-0.3, -0.25) is 14.6 Å². The zero-order valence-corrected chi connectivity index (χ0v) is 10.2. The molecule has 0 fully saturated rings. The zero-order chi connectivity index (χ0) is 12.3. The maximum atomic E-state index is 5.97. The smallest absolute Gasteiger partial charge is 0.135 e. The molecule has 2 aromatic heterocycles. The number of nitrogens with two attached hydrogens (primary N) is 1. The Balaban J connectivity index is 2.37. The van der Waals surface area contributed by atoms with Crippen LogP contribution in [0.2, 0.25) is 0 Å². The Morgan fingerprint density at radius 2 is 2.06 bits per heavy atom. The Hall–Kier alpha value is -1.91. The molecule has 2 aromatic rings. The van der Waals surface area contributed by atoms with Gasteiger partial charge in [0.05, 0.1) is 17.9 Å². The molecule has 0 aliphatic rings. The average Bonchev–Trinajstić information content (AvgIpc) is 2.74. The summed E-state index contributed by atoms with van der Waals surface area (Å²) >= 11 is 0. The van der Waals surface area contributed by atoms with Gasteiger partial charge in [-0.05, 0) is 12.8 Å². The van der Waals surface area contributed by atoms with E-state index in [0.717, 1.165) is 18.5 Å². The number of hydrogen-bond donors (Lipinski definition) is 1. The van der Waals surface area contributed by atoms with E-state index in [-0.39, 0.29) is 0 Å². The van der Waals surface area contributed by atoms with E-state index in [1.807, 2.05) is 10.9 Å². The molecule has 2 heterocycles. The van der Waals surface area contributed by atoms with Crippen LogP contribution in [-0.2, 0) is 0 Å². The summed E-state index contributed by atoms with van der Waals surface area (Å²) in [5.41, 5.74) is 8.05. The summed E-state index contributed by atoms with van der Waals surface area (Å²) < 4.78 is 1.93. The van der Waals surface area contributed by atoms with Gasteiger partial charge in [-0.1, -0.05) is 13.8 Å². The molecule has 2 N–H and O–H groups in total. The summed E-state index contributed by atoms with van der Waals surface area (Å²) in [6.45, 7) is 4.29. The maximum absolute atomic E-state index is 5.97. The van der Waals surface area contributed by atoms with Crippen LogP contribution in [0.4, 0.5) is 5.69 Å². The lowest BCUT2D eigenvalue weighted by Crippen LogP contribution is -2.07. The molecular weight excluding hydrogens is 214 g/mol. The lowest BCUT2D eigenvalue weighted by molar-refractivity contribution is 0.429. The summed E-state index contributed by atoms with van der Waals surface area (Å²) in [6.07, 6.45) is 8.91. The van der Waals surface area contributed by atoms with Gasteiger partial charge in [-0.25, -0.2) is 0 Å². The number of aromatic nitrogens is 4. The van der Waals surface area contributed by atoms with Gasteiger partial charge in [-0.15, -0.1) is 0 Å². The second kappa shape index (κ2) is 4.95. The zero-order valence-electron chi connectivity index (χ0n) is 10.2. The monoisotopic (exact) mass is 231 g/mol. The number of nitrogen functional groups attached to an aromatic ring is 1. The number of hydrogen-bond acceptors (Lipinski definition) is 4. The van der Waals surface area contributed by atoms with Crippen molar-refractivity contribution < 1.29 is 0 Å². The van der Waals surface area contributed by atoms with Crippen molar-refractivity contribution in [1.29, 1.82) is 0 Å². The second-order valence-corrected chi connectivity index (χ2v) is 3.97. The molecule has 90 valence electrons. The molecule has 2 rings (SSSR count). The fourth-order valence-corrected chi connectivity index (χ4v) is 1.88. The molecule has 0 spiro atoms. The van der Waals surface area contributed by atoms with Crippen LogP contribution in [0.25, 0.3) is 11.4 Å². The van der Waals surface area contributed by atoms with Crippen molar-refractivity contribution >= 4 is 5.69 Å². The third-order valence-corrected chi connectivity index (χ3v) is 2.88. The molecular formula is C12H17N5. The first-order valence-electron chi connectivity index (χ1n) is 5.87. The SMILES string of the molecule is CCC(CC)n1cc(N)c(-c2cnccn2)n1. The third-order valence-electron chi connectivity index (χ3n) is 2.88. The van der Waals surface area contributed by atoms with Gasteiger partial charge >= 0.3 is 0 Å². The lowest BCUT2D eigenvalue weighted by atomic mass is 10.2. The Morgan fingerprint density at radius 3 is 2.65 bits per heavy atom. The summed E-state index contributed by atoms with van der Waals surface area (Å²) in [7, 11) is 0. The Morgan fingerprint density at radius 1 is 1.29 bits per heavy atom. The van der Waals surface area contributed by atoms with Gasteiger partial charge in [-0.2, -0.15) is 5.10 Å². The molecule has 0 saturated carbocycles. The fraction of sp³-hybridized carbons (Fsp3) is 0.417. The number of anilines is 1. The molecule has 17 heavy (non-hydrogen) atoms. The highest BCUT2D eigenvalue weighted by molar-refractivity contribution is 5.68. The van der Waals surface area contributed by atoms with E-state index in [4.69, 9.17) is 5.73 Å². The van der Waals surface area contributed by atoms with Crippen LogP contribution in [0.15, 0.2) is 24.8 Å². The quantitative estimate of drug-likeness (QED) is 0.876. The van der Waals surface area contributed by atoms with Gasteiger partial charge in [0.1, 0.15) is 11.4 Å². The first-order valence-corrected chi connectivity index (χ1v) is 5.87. The van der Waals surface area contributed by atoms with Gasteiger partial charge in [0.25, 0.3) is 0 Å². The van der Waals surface area contributed by atoms with Crippen molar-refractivity contribution in [2.75, 3.05) is 5.73 Å². The van der Waals surface area contributed by atoms with E-state index in [2.05, 4.69) is 28.9 Å². The van der Waals surface area contributed by atoms with Crippen molar-refractivity contribution in [3.63, 3.8) is 0 Å². The predicted molar refractivity (Wildman–Crippen MR) is 67.3 cm³/mol. The molecule has 0 atom stereocenters. The normalized spacial score (nSPS) is 11.0. The van der Waals surface area contributed by atoms with Crippen LogP contribution in [-0.4, -0.2) is 19.7 Å².